The molecule has 0 radical (unpaired) electrons. The van der Waals surface area contributed by atoms with Crippen molar-refractivity contribution in [3.8, 4) is 0 Å². The monoisotopic (exact) mass is 186 g/mol. The molecular formula is C10H10N4. The summed E-state index contributed by atoms with van der Waals surface area (Å²) in [7, 11) is 0. The molecule has 0 aromatic carbocycles. The van der Waals surface area contributed by atoms with Crippen molar-refractivity contribution in [3.63, 3.8) is 0 Å². The number of anilines is 2. The second kappa shape index (κ2) is 3.83. The summed E-state index contributed by atoms with van der Waals surface area (Å²) >= 11 is 0. The van der Waals surface area contributed by atoms with Gasteiger partial charge in [-0.05, 0) is 24.6 Å². The quantitative estimate of drug-likeness (QED) is 0.778. The minimum Gasteiger partial charge on any atom is -0.325 e. The predicted molar refractivity (Wildman–Crippen MR) is 54.3 cm³/mol. The van der Waals surface area contributed by atoms with E-state index in [2.05, 4.69) is 20.3 Å². The molecule has 2 aromatic rings. The molecule has 1 N–H and O–H groups in total. The summed E-state index contributed by atoms with van der Waals surface area (Å²) in [5.41, 5.74) is 1.09. The maximum absolute atomic E-state index is 4.20. The van der Waals surface area contributed by atoms with Crippen LogP contribution in [0.25, 0.3) is 0 Å². The first-order chi connectivity index (χ1) is 6.86. The van der Waals surface area contributed by atoms with Gasteiger partial charge in [-0.15, -0.1) is 0 Å². The molecule has 0 unspecified atom stereocenters. The van der Waals surface area contributed by atoms with Crippen LogP contribution in [0.15, 0.2) is 36.9 Å². The summed E-state index contributed by atoms with van der Waals surface area (Å²) in [5.74, 6) is 1.58. The average molecular weight is 186 g/mol. The Morgan fingerprint density at radius 1 is 1.14 bits per heavy atom. The molecule has 0 aliphatic heterocycles. The average Bonchev–Trinajstić information content (AvgIpc) is 2.23. The lowest BCUT2D eigenvalue weighted by Crippen LogP contribution is -1.97. The van der Waals surface area contributed by atoms with Gasteiger partial charge >= 0.3 is 0 Å². The number of nitrogens with zero attached hydrogens (tertiary/aromatic N) is 3. The number of aromatic nitrogens is 3. The Morgan fingerprint density at radius 3 is 2.79 bits per heavy atom. The molecule has 0 spiro atoms. The zero-order valence-electron chi connectivity index (χ0n) is 7.81. The number of aryl methyl sites for hydroxylation is 1. The zero-order valence-corrected chi connectivity index (χ0v) is 7.81. The molecule has 0 aliphatic carbocycles. The van der Waals surface area contributed by atoms with Crippen molar-refractivity contribution in [1.29, 1.82) is 0 Å². The minimum atomic E-state index is 0.752. The van der Waals surface area contributed by atoms with Crippen molar-refractivity contribution in [2.75, 3.05) is 5.32 Å². The summed E-state index contributed by atoms with van der Waals surface area (Å²) in [6.07, 6.45) is 4.94. The molecule has 0 saturated carbocycles. The molecule has 2 aromatic heterocycles. The largest absolute Gasteiger partial charge is 0.325 e. The first-order valence-electron chi connectivity index (χ1n) is 4.31. The van der Waals surface area contributed by atoms with E-state index in [1.807, 2.05) is 19.1 Å². The molecule has 2 heterocycles. The standard InChI is InChI=1S/C10H10N4/c1-8-3-2-5-12-10(8)14-9-4-6-11-7-13-9/h2-7H,1H3,(H,11,12,13,14). The van der Waals surface area contributed by atoms with Gasteiger partial charge in [-0.2, -0.15) is 0 Å². The third-order valence-electron chi connectivity index (χ3n) is 1.84. The van der Waals surface area contributed by atoms with Crippen molar-refractivity contribution in [3.05, 3.63) is 42.5 Å². The second-order valence-electron chi connectivity index (χ2n) is 2.89. The number of rotatable bonds is 2. The van der Waals surface area contributed by atoms with E-state index in [4.69, 9.17) is 0 Å². The molecule has 2 rings (SSSR count). The van der Waals surface area contributed by atoms with Crippen LogP contribution < -0.4 is 5.32 Å². The van der Waals surface area contributed by atoms with Gasteiger partial charge < -0.3 is 5.32 Å². The van der Waals surface area contributed by atoms with Crippen molar-refractivity contribution in [2.24, 2.45) is 0 Å². The van der Waals surface area contributed by atoms with Crippen molar-refractivity contribution in [2.45, 2.75) is 6.92 Å². The Labute approximate surface area is 82.1 Å². The van der Waals surface area contributed by atoms with Crippen molar-refractivity contribution in [1.82, 2.24) is 15.0 Å². The van der Waals surface area contributed by atoms with Crippen LogP contribution in [0.3, 0.4) is 0 Å². The van der Waals surface area contributed by atoms with Crippen LogP contribution in [0.4, 0.5) is 11.6 Å². The molecular weight excluding hydrogens is 176 g/mol. The molecule has 0 bridgehead atoms. The fourth-order valence-electron chi connectivity index (χ4n) is 1.10. The van der Waals surface area contributed by atoms with E-state index >= 15 is 0 Å². The molecule has 14 heavy (non-hydrogen) atoms. The Balaban J connectivity index is 2.24. The van der Waals surface area contributed by atoms with Crippen LogP contribution in [0, 0.1) is 6.92 Å². The van der Waals surface area contributed by atoms with E-state index in [1.54, 1.807) is 18.5 Å². The molecule has 0 atom stereocenters. The van der Waals surface area contributed by atoms with Crippen molar-refractivity contribution >= 4 is 11.6 Å². The highest BCUT2D eigenvalue weighted by molar-refractivity contribution is 5.54. The lowest BCUT2D eigenvalue weighted by Gasteiger charge is -2.05. The van der Waals surface area contributed by atoms with Gasteiger partial charge in [0.1, 0.15) is 18.0 Å². The SMILES string of the molecule is Cc1cccnc1Nc1ccncn1. The number of pyridine rings is 1. The zero-order chi connectivity index (χ0) is 9.80. The first-order valence-corrected chi connectivity index (χ1v) is 4.31. The molecule has 70 valence electrons. The molecule has 0 saturated heterocycles. The highest BCUT2D eigenvalue weighted by Gasteiger charge is 1.98. The molecule has 0 amide bonds. The lowest BCUT2D eigenvalue weighted by atomic mass is 10.3. The van der Waals surface area contributed by atoms with Crippen LogP contribution in [0.2, 0.25) is 0 Å². The number of nitrogens with one attached hydrogen (secondary N) is 1. The fraction of sp³-hybridized carbons (Fsp3) is 0.100. The summed E-state index contributed by atoms with van der Waals surface area (Å²) in [6, 6.07) is 5.70. The van der Waals surface area contributed by atoms with Crippen LogP contribution in [-0.2, 0) is 0 Å². The minimum absolute atomic E-state index is 0.752. The molecule has 4 heteroatoms. The third-order valence-corrected chi connectivity index (χ3v) is 1.84. The lowest BCUT2D eigenvalue weighted by molar-refractivity contribution is 1.15. The van der Waals surface area contributed by atoms with Gasteiger partial charge in [-0.3, -0.25) is 0 Å². The van der Waals surface area contributed by atoms with Crippen LogP contribution in [-0.4, -0.2) is 15.0 Å². The number of hydrogen-bond donors (Lipinski definition) is 1. The molecule has 4 nitrogen and oxygen atoms in total. The van der Waals surface area contributed by atoms with E-state index in [0.29, 0.717) is 0 Å². The van der Waals surface area contributed by atoms with Gasteiger partial charge in [0.15, 0.2) is 0 Å². The summed E-state index contributed by atoms with van der Waals surface area (Å²) in [5, 5.41) is 3.11. The molecule has 0 fully saturated rings. The topological polar surface area (TPSA) is 50.7 Å². The van der Waals surface area contributed by atoms with E-state index in [0.717, 1.165) is 17.2 Å². The molecule has 0 aliphatic rings. The highest BCUT2D eigenvalue weighted by atomic mass is 15.1. The maximum atomic E-state index is 4.20. The predicted octanol–water partition coefficient (Wildman–Crippen LogP) is 1.92. The van der Waals surface area contributed by atoms with Gasteiger partial charge in [0.2, 0.25) is 0 Å². The summed E-state index contributed by atoms with van der Waals surface area (Å²) in [4.78, 5) is 12.1. The second-order valence-corrected chi connectivity index (χ2v) is 2.89. The van der Waals surface area contributed by atoms with E-state index in [-0.39, 0.29) is 0 Å². The Bertz CT molecular complexity index is 413. The number of hydrogen-bond acceptors (Lipinski definition) is 4. The van der Waals surface area contributed by atoms with Crippen LogP contribution in [0.5, 0.6) is 0 Å². The third kappa shape index (κ3) is 1.85. The smallest absolute Gasteiger partial charge is 0.134 e. The van der Waals surface area contributed by atoms with E-state index in [1.165, 1.54) is 6.33 Å². The Hall–Kier alpha value is -1.97. The van der Waals surface area contributed by atoms with E-state index < -0.39 is 0 Å². The normalized spacial score (nSPS) is 9.79. The van der Waals surface area contributed by atoms with Gasteiger partial charge in [0.05, 0.1) is 0 Å². The fourth-order valence-corrected chi connectivity index (χ4v) is 1.10. The van der Waals surface area contributed by atoms with E-state index in [9.17, 15) is 0 Å². The summed E-state index contributed by atoms with van der Waals surface area (Å²) < 4.78 is 0. The van der Waals surface area contributed by atoms with Gasteiger partial charge in [-0.25, -0.2) is 15.0 Å². The van der Waals surface area contributed by atoms with Gasteiger partial charge in [0.25, 0.3) is 0 Å². The van der Waals surface area contributed by atoms with Crippen LogP contribution >= 0.6 is 0 Å². The first kappa shape index (κ1) is 8.62. The summed E-state index contributed by atoms with van der Waals surface area (Å²) in [6.45, 7) is 2.00. The van der Waals surface area contributed by atoms with Crippen molar-refractivity contribution < 1.29 is 0 Å². The van der Waals surface area contributed by atoms with Crippen LogP contribution in [0.1, 0.15) is 5.56 Å². The van der Waals surface area contributed by atoms with Gasteiger partial charge in [0, 0.05) is 12.4 Å². The van der Waals surface area contributed by atoms with Gasteiger partial charge in [-0.1, -0.05) is 6.07 Å². The Morgan fingerprint density at radius 2 is 2.07 bits per heavy atom. The Kier molecular flexibility index (Phi) is 2.36. The maximum Gasteiger partial charge on any atom is 0.134 e. The highest BCUT2D eigenvalue weighted by Crippen LogP contribution is 2.14.